The van der Waals surface area contributed by atoms with Crippen molar-refractivity contribution in [1.29, 1.82) is 0 Å². The molecular weight excluding hydrogens is 166 g/mol. The van der Waals surface area contributed by atoms with Crippen LogP contribution in [0.3, 0.4) is 0 Å². The maximum atomic E-state index is 11.8. The zero-order chi connectivity index (χ0) is 9.64. The zero-order valence-corrected chi connectivity index (χ0v) is 7.80. The van der Waals surface area contributed by atoms with E-state index in [-0.39, 0.29) is 11.7 Å². The molecule has 2 fully saturated rings. The van der Waals surface area contributed by atoms with E-state index in [0.29, 0.717) is 19.4 Å². The van der Waals surface area contributed by atoms with Crippen molar-refractivity contribution in [2.24, 2.45) is 5.41 Å². The first-order valence-electron chi connectivity index (χ1n) is 4.56. The van der Waals surface area contributed by atoms with Crippen molar-refractivity contribution in [3.63, 3.8) is 0 Å². The van der Waals surface area contributed by atoms with Gasteiger partial charge in [0.1, 0.15) is 5.41 Å². The third-order valence-corrected chi connectivity index (χ3v) is 3.17. The number of nitrogens with zero attached hydrogens (tertiary/aromatic N) is 1. The van der Waals surface area contributed by atoms with Crippen molar-refractivity contribution in [2.45, 2.75) is 19.3 Å². The predicted octanol–water partition coefficient (Wildman–Crippen LogP) is 0.754. The van der Waals surface area contributed by atoms with E-state index in [2.05, 4.69) is 6.58 Å². The number of likely N-dealkylation sites (tertiary alicyclic amines) is 1. The molecule has 0 aromatic carbocycles. The van der Waals surface area contributed by atoms with E-state index >= 15 is 0 Å². The second-order valence-corrected chi connectivity index (χ2v) is 3.95. The molecule has 3 nitrogen and oxygen atoms in total. The first-order valence-corrected chi connectivity index (χ1v) is 4.56. The molecule has 2 rings (SSSR count). The molecule has 1 saturated carbocycles. The summed E-state index contributed by atoms with van der Waals surface area (Å²) in [4.78, 5) is 25.1. The molecule has 0 bridgehead atoms. The van der Waals surface area contributed by atoms with Crippen molar-refractivity contribution in [3.05, 3.63) is 12.2 Å². The summed E-state index contributed by atoms with van der Waals surface area (Å²) in [7, 11) is 1.73. The van der Waals surface area contributed by atoms with Crippen LogP contribution < -0.4 is 0 Å². The van der Waals surface area contributed by atoms with Crippen LogP contribution >= 0.6 is 0 Å². The molecule has 0 aromatic heterocycles. The zero-order valence-electron chi connectivity index (χ0n) is 7.80. The molecule has 1 atom stereocenters. The number of amides is 1. The Hall–Kier alpha value is -1.12. The van der Waals surface area contributed by atoms with Crippen LogP contribution in [0.4, 0.5) is 0 Å². The first-order chi connectivity index (χ1) is 6.09. The molecule has 0 radical (unpaired) electrons. The van der Waals surface area contributed by atoms with Gasteiger partial charge in [-0.05, 0) is 18.4 Å². The van der Waals surface area contributed by atoms with Crippen molar-refractivity contribution in [3.8, 4) is 0 Å². The first kappa shape index (κ1) is 8.48. The number of ketones is 1. The van der Waals surface area contributed by atoms with E-state index in [9.17, 15) is 9.59 Å². The molecule has 13 heavy (non-hydrogen) atoms. The molecule has 0 aromatic rings. The standard InChI is InChI=1S/C10H13NO2/c1-7-6-11(2)9(13)10(7)5-3-4-8(10)12/h1,3-6H2,2H3/t10-/m1/s1. The summed E-state index contributed by atoms with van der Waals surface area (Å²) in [5.41, 5.74) is -0.0168. The molecule has 1 spiro atoms. The topological polar surface area (TPSA) is 37.4 Å². The highest BCUT2D eigenvalue weighted by atomic mass is 16.2. The SMILES string of the molecule is C=C1CN(C)C(=O)[C@]12CCCC2=O. The van der Waals surface area contributed by atoms with E-state index in [1.807, 2.05) is 0 Å². The lowest BCUT2D eigenvalue weighted by Crippen LogP contribution is -2.36. The fourth-order valence-corrected chi connectivity index (χ4v) is 2.44. The summed E-state index contributed by atoms with van der Waals surface area (Å²) in [5.74, 6) is 0.0341. The van der Waals surface area contributed by atoms with E-state index < -0.39 is 5.41 Å². The maximum Gasteiger partial charge on any atom is 0.240 e. The monoisotopic (exact) mass is 179 g/mol. The number of hydrogen-bond donors (Lipinski definition) is 0. The third-order valence-electron chi connectivity index (χ3n) is 3.17. The minimum Gasteiger partial charge on any atom is -0.341 e. The molecule has 0 N–H and O–H groups in total. The highest BCUT2D eigenvalue weighted by molar-refractivity contribution is 6.12. The van der Waals surface area contributed by atoms with Gasteiger partial charge in [0.15, 0.2) is 5.78 Å². The van der Waals surface area contributed by atoms with Gasteiger partial charge in [-0.1, -0.05) is 6.58 Å². The molecular formula is C10H13NO2. The highest BCUT2D eigenvalue weighted by Crippen LogP contribution is 2.45. The van der Waals surface area contributed by atoms with Gasteiger partial charge < -0.3 is 4.90 Å². The van der Waals surface area contributed by atoms with Crippen LogP contribution in [0.5, 0.6) is 0 Å². The molecule has 1 heterocycles. The number of Topliss-reactive ketones (excluding diaryl/α,β-unsaturated/α-hetero) is 1. The molecule has 70 valence electrons. The lowest BCUT2D eigenvalue weighted by Gasteiger charge is -2.19. The van der Waals surface area contributed by atoms with Crippen molar-refractivity contribution in [1.82, 2.24) is 4.90 Å². The lowest BCUT2D eigenvalue weighted by molar-refractivity contribution is -0.140. The van der Waals surface area contributed by atoms with Crippen molar-refractivity contribution < 1.29 is 9.59 Å². The van der Waals surface area contributed by atoms with E-state index in [1.54, 1.807) is 11.9 Å². The largest absolute Gasteiger partial charge is 0.341 e. The van der Waals surface area contributed by atoms with Gasteiger partial charge in [-0.2, -0.15) is 0 Å². The van der Waals surface area contributed by atoms with E-state index in [0.717, 1.165) is 12.0 Å². The molecule has 3 heteroatoms. The van der Waals surface area contributed by atoms with E-state index in [1.165, 1.54) is 0 Å². The Kier molecular flexibility index (Phi) is 1.59. The van der Waals surface area contributed by atoms with Crippen LogP contribution in [0.25, 0.3) is 0 Å². The average Bonchev–Trinajstić information content (AvgIpc) is 2.54. The summed E-state index contributed by atoms with van der Waals surface area (Å²) in [6.07, 6.45) is 2.05. The second kappa shape index (κ2) is 2.44. The van der Waals surface area contributed by atoms with Gasteiger partial charge in [-0.25, -0.2) is 0 Å². The number of likely N-dealkylation sites (N-methyl/N-ethyl adjacent to an activating group) is 1. The summed E-state index contributed by atoms with van der Waals surface area (Å²) in [6, 6.07) is 0. The maximum absolute atomic E-state index is 11.8. The minimum atomic E-state index is -0.811. The van der Waals surface area contributed by atoms with Crippen LogP contribution in [0, 0.1) is 5.41 Å². The van der Waals surface area contributed by atoms with Crippen LogP contribution in [-0.2, 0) is 9.59 Å². The van der Waals surface area contributed by atoms with Crippen LogP contribution in [-0.4, -0.2) is 30.2 Å². The summed E-state index contributed by atoms with van der Waals surface area (Å²) >= 11 is 0. The van der Waals surface area contributed by atoms with Gasteiger partial charge in [0.2, 0.25) is 5.91 Å². The Bertz CT molecular complexity index is 308. The highest BCUT2D eigenvalue weighted by Gasteiger charge is 2.55. The number of hydrogen-bond acceptors (Lipinski definition) is 2. The molecule has 2 aliphatic rings. The lowest BCUT2D eigenvalue weighted by atomic mass is 9.80. The van der Waals surface area contributed by atoms with Gasteiger partial charge in [0, 0.05) is 20.0 Å². The van der Waals surface area contributed by atoms with Crippen LogP contribution in [0.2, 0.25) is 0 Å². The van der Waals surface area contributed by atoms with Crippen molar-refractivity contribution >= 4 is 11.7 Å². The summed E-state index contributed by atoms with van der Waals surface area (Å²) in [5, 5.41) is 0. The van der Waals surface area contributed by atoms with Gasteiger partial charge in [0.25, 0.3) is 0 Å². The Labute approximate surface area is 77.4 Å². The van der Waals surface area contributed by atoms with Gasteiger partial charge in [-0.15, -0.1) is 0 Å². The smallest absolute Gasteiger partial charge is 0.240 e. The van der Waals surface area contributed by atoms with E-state index in [4.69, 9.17) is 0 Å². The molecule has 0 unspecified atom stereocenters. The number of carbonyl (C=O) groups is 2. The average molecular weight is 179 g/mol. The minimum absolute atomic E-state index is 0.0417. The Balaban J connectivity index is 2.46. The van der Waals surface area contributed by atoms with Crippen molar-refractivity contribution in [2.75, 3.05) is 13.6 Å². The van der Waals surface area contributed by atoms with Gasteiger partial charge in [0.05, 0.1) is 0 Å². The third kappa shape index (κ3) is 0.844. The number of rotatable bonds is 0. The van der Waals surface area contributed by atoms with Gasteiger partial charge in [-0.3, -0.25) is 9.59 Å². The van der Waals surface area contributed by atoms with Crippen LogP contribution in [0.15, 0.2) is 12.2 Å². The normalized spacial score (nSPS) is 33.9. The molecule has 1 amide bonds. The van der Waals surface area contributed by atoms with Crippen LogP contribution in [0.1, 0.15) is 19.3 Å². The molecule has 1 saturated heterocycles. The fraction of sp³-hybridized carbons (Fsp3) is 0.600. The fourth-order valence-electron chi connectivity index (χ4n) is 2.44. The predicted molar refractivity (Wildman–Crippen MR) is 48.1 cm³/mol. The Morgan fingerprint density at radius 3 is 2.54 bits per heavy atom. The quantitative estimate of drug-likeness (QED) is 0.406. The Morgan fingerprint density at radius 2 is 2.15 bits per heavy atom. The second-order valence-electron chi connectivity index (χ2n) is 3.95. The number of carbonyl (C=O) groups excluding carboxylic acids is 2. The summed E-state index contributed by atoms with van der Waals surface area (Å²) < 4.78 is 0. The molecule has 1 aliphatic heterocycles. The van der Waals surface area contributed by atoms with Gasteiger partial charge >= 0.3 is 0 Å². The Morgan fingerprint density at radius 1 is 1.46 bits per heavy atom. The molecule has 1 aliphatic carbocycles. The summed E-state index contributed by atoms with van der Waals surface area (Å²) in [6.45, 7) is 4.40.